The molecule has 0 spiro atoms. The van der Waals surface area contributed by atoms with Crippen LogP contribution in [0, 0.1) is 0 Å². The van der Waals surface area contributed by atoms with Gasteiger partial charge in [0.15, 0.2) is 0 Å². The highest BCUT2D eigenvalue weighted by Crippen LogP contribution is 2.20. The Bertz CT molecular complexity index is 348. The number of carboxylic acids is 1. The summed E-state index contributed by atoms with van der Waals surface area (Å²) in [6.45, 7) is 5.26. The molecule has 1 atom stereocenters. The zero-order chi connectivity index (χ0) is 12.7. The fourth-order valence-corrected chi connectivity index (χ4v) is 1.69. The van der Waals surface area contributed by atoms with Crippen LogP contribution in [0.5, 0.6) is 5.75 Å². The van der Waals surface area contributed by atoms with Gasteiger partial charge in [0.25, 0.3) is 0 Å². The molecular weight excluding hydrogens is 218 g/mol. The van der Waals surface area contributed by atoms with Crippen LogP contribution in [0.1, 0.15) is 31.9 Å². The molecule has 0 amide bonds. The molecule has 4 nitrogen and oxygen atoms in total. The maximum atomic E-state index is 10.8. The number of carbonyl (C=O) groups is 1. The van der Waals surface area contributed by atoms with Gasteiger partial charge >= 0.3 is 5.97 Å². The summed E-state index contributed by atoms with van der Waals surface area (Å²) in [5.41, 5.74) is 0.970. The normalized spacial score (nSPS) is 12.1. The SMILES string of the molecule is CCNC(CC(=O)O)c1ccc(OCC)cc1. The molecule has 94 valence electrons. The Labute approximate surface area is 102 Å². The van der Waals surface area contributed by atoms with Crippen LogP contribution < -0.4 is 10.1 Å². The predicted molar refractivity (Wildman–Crippen MR) is 66.3 cm³/mol. The molecule has 0 saturated carbocycles. The number of ether oxygens (including phenoxy) is 1. The van der Waals surface area contributed by atoms with Crippen molar-refractivity contribution in [3.8, 4) is 5.75 Å². The molecule has 1 rings (SSSR count). The summed E-state index contributed by atoms with van der Waals surface area (Å²) < 4.78 is 5.34. The molecule has 0 aliphatic heterocycles. The second-order valence-corrected chi connectivity index (χ2v) is 3.71. The van der Waals surface area contributed by atoms with Crippen molar-refractivity contribution in [2.75, 3.05) is 13.2 Å². The van der Waals surface area contributed by atoms with Gasteiger partial charge in [-0.2, -0.15) is 0 Å². The maximum absolute atomic E-state index is 10.8. The van der Waals surface area contributed by atoms with Crippen molar-refractivity contribution in [2.24, 2.45) is 0 Å². The average molecular weight is 237 g/mol. The Hall–Kier alpha value is -1.55. The molecule has 0 radical (unpaired) electrons. The first-order valence-electron chi connectivity index (χ1n) is 5.85. The van der Waals surface area contributed by atoms with Gasteiger partial charge in [0.05, 0.1) is 13.0 Å². The van der Waals surface area contributed by atoms with Crippen molar-refractivity contribution in [1.29, 1.82) is 0 Å². The van der Waals surface area contributed by atoms with Crippen LogP contribution >= 0.6 is 0 Å². The van der Waals surface area contributed by atoms with Crippen molar-refractivity contribution in [1.82, 2.24) is 5.32 Å². The Kier molecular flexibility index (Phi) is 5.49. The van der Waals surface area contributed by atoms with Gasteiger partial charge in [-0.25, -0.2) is 0 Å². The topological polar surface area (TPSA) is 58.6 Å². The number of benzene rings is 1. The van der Waals surface area contributed by atoms with Crippen molar-refractivity contribution in [3.05, 3.63) is 29.8 Å². The Balaban J connectivity index is 2.75. The zero-order valence-corrected chi connectivity index (χ0v) is 10.3. The Morgan fingerprint density at radius 2 is 2.00 bits per heavy atom. The maximum Gasteiger partial charge on any atom is 0.305 e. The van der Waals surface area contributed by atoms with Gasteiger partial charge in [-0.05, 0) is 31.2 Å². The van der Waals surface area contributed by atoms with E-state index in [1.165, 1.54) is 0 Å². The lowest BCUT2D eigenvalue weighted by Gasteiger charge is -2.16. The fraction of sp³-hybridized carbons (Fsp3) is 0.462. The van der Waals surface area contributed by atoms with E-state index < -0.39 is 5.97 Å². The highest BCUT2D eigenvalue weighted by Gasteiger charge is 2.14. The highest BCUT2D eigenvalue weighted by molar-refractivity contribution is 5.68. The molecule has 0 heterocycles. The van der Waals surface area contributed by atoms with Crippen LogP contribution in [0.25, 0.3) is 0 Å². The summed E-state index contributed by atoms with van der Waals surface area (Å²) >= 11 is 0. The number of hydrogen-bond acceptors (Lipinski definition) is 3. The first kappa shape index (κ1) is 13.5. The number of nitrogens with one attached hydrogen (secondary N) is 1. The molecule has 0 bridgehead atoms. The van der Waals surface area contributed by atoms with Crippen LogP contribution in [0.3, 0.4) is 0 Å². The molecule has 0 fully saturated rings. The van der Waals surface area contributed by atoms with Gasteiger partial charge in [-0.1, -0.05) is 19.1 Å². The molecule has 0 aromatic heterocycles. The second-order valence-electron chi connectivity index (χ2n) is 3.71. The van der Waals surface area contributed by atoms with Gasteiger partial charge in [0, 0.05) is 6.04 Å². The standard InChI is InChI=1S/C13H19NO3/c1-3-14-12(9-13(15)16)10-5-7-11(8-6-10)17-4-2/h5-8,12,14H,3-4,9H2,1-2H3,(H,15,16). The molecule has 4 heteroatoms. The van der Waals surface area contributed by atoms with Crippen LogP contribution in [-0.2, 0) is 4.79 Å². The lowest BCUT2D eigenvalue weighted by molar-refractivity contribution is -0.137. The Morgan fingerprint density at radius 1 is 1.35 bits per heavy atom. The number of rotatable bonds is 7. The predicted octanol–water partition coefficient (Wildman–Crippen LogP) is 2.21. The third-order valence-corrected chi connectivity index (χ3v) is 2.42. The number of hydrogen-bond donors (Lipinski definition) is 2. The molecule has 2 N–H and O–H groups in total. The van der Waals surface area contributed by atoms with E-state index in [4.69, 9.17) is 9.84 Å². The second kappa shape index (κ2) is 6.91. The first-order valence-corrected chi connectivity index (χ1v) is 5.85. The van der Waals surface area contributed by atoms with Crippen LogP contribution in [0.4, 0.5) is 0 Å². The average Bonchev–Trinajstić information content (AvgIpc) is 2.29. The summed E-state index contributed by atoms with van der Waals surface area (Å²) in [7, 11) is 0. The third kappa shape index (κ3) is 4.44. The van der Waals surface area contributed by atoms with Crippen molar-refractivity contribution in [2.45, 2.75) is 26.3 Å². The third-order valence-electron chi connectivity index (χ3n) is 2.42. The van der Waals surface area contributed by atoms with Crippen molar-refractivity contribution in [3.63, 3.8) is 0 Å². The zero-order valence-electron chi connectivity index (χ0n) is 10.3. The summed E-state index contributed by atoms with van der Waals surface area (Å²) in [4.78, 5) is 10.8. The van der Waals surface area contributed by atoms with Gasteiger partial charge in [0.1, 0.15) is 5.75 Å². The van der Waals surface area contributed by atoms with E-state index in [1.54, 1.807) is 0 Å². The molecular formula is C13H19NO3. The van der Waals surface area contributed by atoms with E-state index in [9.17, 15) is 4.79 Å². The van der Waals surface area contributed by atoms with E-state index in [-0.39, 0.29) is 12.5 Å². The highest BCUT2D eigenvalue weighted by atomic mass is 16.5. The van der Waals surface area contributed by atoms with Gasteiger partial charge in [0.2, 0.25) is 0 Å². The molecule has 1 aromatic rings. The smallest absolute Gasteiger partial charge is 0.305 e. The molecule has 17 heavy (non-hydrogen) atoms. The largest absolute Gasteiger partial charge is 0.494 e. The van der Waals surface area contributed by atoms with E-state index >= 15 is 0 Å². The van der Waals surface area contributed by atoms with E-state index in [2.05, 4.69) is 5.32 Å². The number of carboxylic acid groups (broad SMARTS) is 1. The van der Waals surface area contributed by atoms with E-state index in [0.29, 0.717) is 6.61 Å². The molecule has 1 aromatic carbocycles. The first-order chi connectivity index (χ1) is 8.17. The van der Waals surface area contributed by atoms with Crippen LogP contribution in [0.15, 0.2) is 24.3 Å². The lowest BCUT2D eigenvalue weighted by Crippen LogP contribution is -2.23. The van der Waals surface area contributed by atoms with E-state index in [0.717, 1.165) is 17.9 Å². The summed E-state index contributed by atoms with van der Waals surface area (Å²) in [5.74, 6) is 0.00616. The molecule has 0 aliphatic rings. The molecule has 1 unspecified atom stereocenters. The minimum absolute atomic E-state index is 0.0851. The quantitative estimate of drug-likeness (QED) is 0.763. The van der Waals surface area contributed by atoms with Crippen LogP contribution in [-0.4, -0.2) is 24.2 Å². The van der Waals surface area contributed by atoms with Crippen molar-refractivity contribution < 1.29 is 14.6 Å². The molecule has 0 aliphatic carbocycles. The van der Waals surface area contributed by atoms with Gasteiger partial charge in [-0.3, -0.25) is 4.79 Å². The minimum atomic E-state index is -0.801. The Morgan fingerprint density at radius 3 is 2.47 bits per heavy atom. The lowest BCUT2D eigenvalue weighted by atomic mass is 10.0. The molecule has 0 saturated heterocycles. The monoisotopic (exact) mass is 237 g/mol. The van der Waals surface area contributed by atoms with Gasteiger partial charge < -0.3 is 15.2 Å². The number of aliphatic carboxylic acids is 1. The summed E-state index contributed by atoms with van der Waals surface area (Å²) in [5, 5.41) is 12.0. The van der Waals surface area contributed by atoms with Crippen LogP contribution in [0.2, 0.25) is 0 Å². The van der Waals surface area contributed by atoms with Crippen molar-refractivity contribution >= 4 is 5.97 Å². The van der Waals surface area contributed by atoms with E-state index in [1.807, 2.05) is 38.1 Å². The minimum Gasteiger partial charge on any atom is -0.494 e. The summed E-state index contributed by atoms with van der Waals surface area (Å²) in [6, 6.07) is 7.40. The summed E-state index contributed by atoms with van der Waals surface area (Å²) in [6.07, 6.45) is 0.0851. The van der Waals surface area contributed by atoms with Gasteiger partial charge in [-0.15, -0.1) is 0 Å². The fourth-order valence-electron chi connectivity index (χ4n) is 1.69.